The molecule has 0 unspecified atom stereocenters. The predicted molar refractivity (Wildman–Crippen MR) is 143 cm³/mol. The summed E-state index contributed by atoms with van der Waals surface area (Å²) in [4.78, 5) is 31.1. The van der Waals surface area contributed by atoms with E-state index >= 15 is 0 Å². The number of para-hydroxylation sites is 1. The zero-order valence-corrected chi connectivity index (χ0v) is 21.7. The third-order valence-corrected chi connectivity index (χ3v) is 9.17. The summed E-state index contributed by atoms with van der Waals surface area (Å²) in [5.74, 6) is -0.442. The lowest BCUT2D eigenvalue weighted by atomic mass is 9.95. The van der Waals surface area contributed by atoms with Crippen molar-refractivity contribution in [3.63, 3.8) is 0 Å². The Bertz CT molecular complexity index is 1420. The first-order chi connectivity index (χ1) is 17.7. The molecule has 184 valence electrons. The Morgan fingerprint density at radius 1 is 1.06 bits per heavy atom. The van der Waals surface area contributed by atoms with E-state index in [-0.39, 0.29) is 18.7 Å². The first-order valence-electron chi connectivity index (χ1n) is 12.3. The number of benzene rings is 1. The van der Waals surface area contributed by atoms with Crippen molar-refractivity contribution in [2.75, 3.05) is 11.9 Å². The van der Waals surface area contributed by atoms with Crippen molar-refractivity contribution in [2.45, 2.75) is 45.2 Å². The molecule has 1 atom stereocenters. The molecule has 0 bridgehead atoms. The zero-order chi connectivity index (χ0) is 24.6. The van der Waals surface area contributed by atoms with Gasteiger partial charge in [0.05, 0.1) is 30.1 Å². The molecule has 1 aromatic carbocycles. The highest BCUT2D eigenvalue weighted by molar-refractivity contribution is 7.15. The topological polar surface area (TPSA) is 63.6 Å². The first-order valence-corrected chi connectivity index (χ1v) is 14.0. The summed E-state index contributed by atoms with van der Waals surface area (Å²) in [6.07, 6.45) is 6.69. The Hall–Kier alpha value is -3.36. The molecule has 6 nitrogen and oxygen atoms in total. The van der Waals surface area contributed by atoms with Crippen LogP contribution in [-0.2, 0) is 24.1 Å². The van der Waals surface area contributed by atoms with Gasteiger partial charge in [0.15, 0.2) is 0 Å². The summed E-state index contributed by atoms with van der Waals surface area (Å²) < 4.78 is 7.51. The number of ether oxygens (including phenoxy) is 1. The molecular weight excluding hydrogens is 490 g/mol. The van der Waals surface area contributed by atoms with Gasteiger partial charge in [-0.3, -0.25) is 0 Å². The lowest BCUT2D eigenvalue weighted by Gasteiger charge is -2.30. The molecular formula is C28H27N3O3S2. The lowest BCUT2D eigenvalue weighted by molar-refractivity contribution is 0.0527. The van der Waals surface area contributed by atoms with Crippen LogP contribution < -0.4 is 5.32 Å². The number of nitrogens with one attached hydrogen (secondary N) is 1. The second-order valence-corrected chi connectivity index (χ2v) is 11.1. The average molecular weight is 518 g/mol. The van der Waals surface area contributed by atoms with Crippen LogP contribution in [0.15, 0.2) is 60.1 Å². The van der Waals surface area contributed by atoms with Crippen LogP contribution in [0.25, 0.3) is 5.00 Å². The molecule has 0 saturated carbocycles. The van der Waals surface area contributed by atoms with E-state index in [1.54, 1.807) is 36.5 Å². The van der Waals surface area contributed by atoms with Gasteiger partial charge in [-0.05, 0) is 73.9 Å². The SMILES string of the molecule is CCOC(=O)c1ccccc1NC(=O)N1Cc2c(sc3c2CCCC3)-n2cccc2[C@@H]1c1cccs1. The number of urea groups is 1. The fourth-order valence-electron chi connectivity index (χ4n) is 5.30. The minimum atomic E-state index is -0.442. The number of anilines is 1. The van der Waals surface area contributed by atoms with Gasteiger partial charge in [0.2, 0.25) is 0 Å². The minimum absolute atomic E-state index is 0.235. The van der Waals surface area contributed by atoms with Gasteiger partial charge in [0.1, 0.15) is 11.0 Å². The molecule has 4 heterocycles. The average Bonchev–Trinajstić information content (AvgIpc) is 3.64. The van der Waals surface area contributed by atoms with Crippen LogP contribution in [-0.4, -0.2) is 28.1 Å². The number of esters is 1. The fraction of sp³-hybridized carbons (Fsp3) is 0.286. The van der Waals surface area contributed by atoms with Crippen LogP contribution in [0.3, 0.4) is 0 Å². The van der Waals surface area contributed by atoms with Crippen molar-refractivity contribution in [3.8, 4) is 5.00 Å². The maximum absolute atomic E-state index is 14.1. The summed E-state index contributed by atoms with van der Waals surface area (Å²) in [5.41, 5.74) is 4.55. The molecule has 2 amide bonds. The molecule has 0 fully saturated rings. The summed E-state index contributed by atoms with van der Waals surface area (Å²) in [7, 11) is 0. The van der Waals surface area contributed by atoms with Crippen molar-refractivity contribution in [2.24, 2.45) is 0 Å². The third-order valence-electron chi connectivity index (χ3n) is 6.92. The van der Waals surface area contributed by atoms with Crippen molar-refractivity contribution in [1.29, 1.82) is 0 Å². The minimum Gasteiger partial charge on any atom is -0.462 e. The number of hydrogen-bond donors (Lipinski definition) is 1. The van der Waals surface area contributed by atoms with Gasteiger partial charge < -0.3 is 19.5 Å². The lowest BCUT2D eigenvalue weighted by Crippen LogP contribution is -2.38. The highest BCUT2D eigenvalue weighted by Crippen LogP contribution is 2.44. The van der Waals surface area contributed by atoms with Crippen molar-refractivity contribution < 1.29 is 14.3 Å². The third kappa shape index (κ3) is 3.94. The highest BCUT2D eigenvalue weighted by atomic mass is 32.1. The number of aryl methyl sites for hydroxylation is 1. The fourth-order valence-corrected chi connectivity index (χ4v) is 7.55. The number of rotatable bonds is 4. The van der Waals surface area contributed by atoms with Crippen LogP contribution in [0, 0.1) is 0 Å². The van der Waals surface area contributed by atoms with Crippen LogP contribution in [0.5, 0.6) is 0 Å². The molecule has 1 aliphatic heterocycles. The quantitative estimate of drug-likeness (QED) is 0.303. The van der Waals surface area contributed by atoms with E-state index < -0.39 is 5.97 Å². The molecule has 1 aliphatic carbocycles. The summed E-state index contributed by atoms with van der Waals surface area (Å²) in [5, 5.41) is 6.33. The standard InChI is InChI=1S/C28H27N3O3S2/c1-2-34-27(32)19-10-3-5-11-21(19)29-28(33)31-17-20-18-9-4-6-13-23(18)36-26(20)30-15-7-12-22(30)25(31)24-14-8-16-35-24/h3,5,7-8,10-12,14-16,25H,2,4,6,9,13,17H2,1H3,(H,29,33)/t25-/m1/s1. The number of carbonyl (C=O) groups is 2. The Kier molecular flexibility index (Phi) is 6.15. The van der Waals surface area contributed by atoms with Crippen molar-refractivity contribution in [1.82, 2.24) is 9.47 Å². The van der Waals surface area contributed by atoms with Gasteiger partial charge in [0.25, 0.3) is 0 Å². The number of hydrogen-bond acceptors (Lipinski definition) is 5. The van der Waals surface area contributed by atoms with Crippen LogP contribution in [0.1, 0.15) is 62.7 Å². The van der Waals surface area contributed by atoms with Crippen molar-refractivity contribution >= 4 is 40.4 Å². The van der Waals surface area contributed by atoms with Gasteiger partial charge in [-0.25, -0.2) is 9.59 Å². The normalized spacial score (nSPS) is 16.5. The molecule has 0 spiro atoms. The Morgan fingerprint density at radius 3 is 2.75 bits per heavy atom. The summed E-state index contributed by atoms with van der Waals surface area (Å²) in [6.45, 7) is 2.56. The monoisotopic (exact) mass is 517 g/mol. The molecule has 3 aromatic heterocycles. The van der Waals surface area contributed by atoms with E-state index in [9.17, 15) is 9.59 Å². The second-order valence-electron chi connectivity index (χ2n) is 9.04. The number of amides is 2. The van der Waals surface area contributed by atoms with Gasteiger partial charge in [-0.1, -0.05) is 18.2 Å². The molecule has 6 rings (SSSR count). The van der Waals surface area contributed by atoms with Crippen molar-refractivity contribution in [3.05, 3.63) is 92.2 Å². The maximum atomic E-state index is 14.1. The van der Waals surface area contributed by atoms with E-state index in [0.717, 1.165) is 23.4 Å². The Balaban J connectivity index is 1.44. The number of fused-ring (bicyclic) bond motifs is 5. The van der Waals surface area contributed by atoms with E-state index in [1.807, 2.05) is 28.4 Å². The molecule has 4 aromatic rings. The molecule has 1 N–H and O–H groups in total. The van der Waals surface area contributed by atoms with Crippen LogP contribution in [0.4, 0.5) is 10.5 Å². The molecule has 0 radical (unpaired) electrons. The Labute approximate surface area is 218 Å². The number of carbonyl (C=O) groups excluding carboxylic acids is 2. The highest BCUT2D eigenvalue weighted by Gasteiger charge is 2.36. The van der Waals surface area contributed by atoms with Gasteiger partial charge >= 0.3 is 12.0 Å². The molecule has 0 saturated heterocycles. The first kappa shape index (κ1) is 23.1. The van der Waals surface area contributed by atoms with Gasteiger partial charge in [-0.2, -0.15) is 0 Å². The number of nitrogens with zero attached hydrogens (tertiary/aromatic N) is 2. The van der Waals surface area contributed by atoms with E-state index in [1.165, 1.54) is 33.8 Å². The number of thiophene rings is 2. The zero-order valence-electron chi connectivity index (χ0n) is 20.0. The van der Waals surface area contributed by atoms with E-state index in [4.69, 9.17) is 4.74 Å². The largest absolute Gasteiger partial charge is 0.462 e. The predicted octanol–water partition coefficient (Wildman–Crippen LogP) is 6.79. The molecule has 2 aliphatic rings. The maximum Gasteiger partial charge on any atom is 0.340 e. The van der Waals surface area contributed by atoms with Gasteiger partial charge in [-0.15, -0.1) is 22.7 Å². The number of aromatic nitrogens is 1. The van der Waals surface area contributed by atoms with Crippen LogP contribution in [0.2, 0.25) is 0 Å². The summed E-state index contributed by atoms with van der Waals surface area (Å²) in [6, 6.07) is 14.9. The van der Waals surface area contributed by atoms with E-state index in [0.29, 0.717) is 17.8 Å². The van der Waals surface area contributed by atoms with Crippen LogP contribution >= 0.6 is 22.7 Å². The summed E-state index contributed by atoms with van der Waals surface area (Å²) >= 11 is 3.53. The second kappa shape index (κ2) is 9.59. The molecule has 36 heavy (non-hydrogen) atoms. The molecule has 8 heteroatoms. The van der Waals surface area contributed by atoms with E-state index in [2.05, 4.69) is 39.7 Å². The van der Waals surface area contributed by atoms with Gasteiger partial charge in [0, 0.05) is 21.5 Å². The smallest absolute Gasteiger partial charge is 0.340 e. The Morgan fingerprint density at radius 2 is 1.92 bits per heavy atom.